The van der Waals surface area contributed by atoms with Gasteiger partial charge in [-0.2, -0.15) is 15.0 Å². The van der Waals surface area contributed by atoms with Gasteiger partial charge in [-0.05, 0) is 24.1 Å². The Morgan fingerprint density at radius 2 is 1.50 bits per heavy atom. The van der Waals surface area contributed by atoms with Crippen molar-refractivity contribution >= 4 is 52.6 Å². The number of nitrogens with one attached hydrogen (secondary N) is 1. The van der Waals surface area contributed by atoms with Crippen molar-refractivity contribution in [2.45, 2.75) is 6.42 Å². The minimum Gasteiger partial charge on any atom is -0.368 e. The fourth-order valence-corrected chi connectivity index (χ4v) is 2.22. The molecule has 0 unspecified atom stereocenters. The molecule has 0 saturated carbocycles. The monoisotopic (exact) mass is 332 g/mol. The van der Waals surface area contributed by atoms with Crippen molar-refractivity contribution in [2.24, 2.45) is 0 Å². The molecule has 2 rings (SSSR count). The summed E-state index contributed by atoms with van der Waals surface area (Å²) in [7, 11) is 0. The molecule has 9 heteroatoms. The first-order valence-corrected chi connectivity index (χ1v) is 6.73. The molecule has 0 fully saturated rings. The highest BCUT2D eigenvalue weighted by Crippen LogP contribution is 2.29. The number of nitrogens with zero attached hydrogens (tertiary/aromatic N) is 3. The van der Waals surface area contributed by atoms with Crippen molar-refractivity contribution in [1.29, 1.82) is 0 Å². The summed E-state index contributed by atoms with van der Waals surface area (Å²) < 4.78 is 0. The summed E-state index contributed by atoms with van der Waals surface area (Å²) in [6.07, 6.45) is 0.612. The van der Waals surface area contributed by atoms with E-state index in [1.54, 1.807) is 12.1 Å². The van der Waals surface area contributed by atoms with Gasteiger partial charge in [-0.15, -0.1) is 0 Å². The molecule has 20 heavy (non-hydrogen) atoms. The molecule has 0 saturated heterocycles. The summed E-state index contributed by atoms with van der Waals surface area (Å²) in [4.78, 5) is 11.5. The fourth-order valence-electron chi connectivity index (χ4n) is 1.55. The van der Waals surface area contributed by atoms with Crippen LogP contribution < -0.4 is 16.8 Å². The Labute approximate surface area is 130 Å². The first kappa shape index (κ1) is 14.9. The van der Waals surface area contributed by atoms with E-state index in [-0.39, 0.29) is 11.9 Å². The summed E-state index contributed by atoms with van der Waals surface area (Å²) >= 11 is 17.9. The normalized spacial score (nSPS) is 10.6. The SMILES string of the molecule is Nc1nc(N)nc(NCCc2cc(Cl)c(Cl)cc2Cl)n1. The topological polar surface area (TPSA) is 103 Å². The number of nitrogens with two attached hydrogens (primary N) is 2. The van der Waals surface area contributed by atoms with Crippen LogP contribution in [0.5, 0.6) is 0 Å². The number of rotatable bonds is 4. The average Bonchev–Trinajstić information content (AvgIpc) is 2.34. The maximum Gasteiger partial charge on any atom is 0.229 e. The molecule has 0 aliphatic carbocycles. The molecule has 0 atom stereocenters. The Morgan fingerprint density at radius 3 is 2.15 bits per heavy atom. The van der Waals surface area contributed by atoms with E-state index in [2.05, 4.69) is 20.3 Å². The zero-order chi connectivity index (χ0) is 14.7. The lowest BCUT2D eigenvalue weighted by molar-refractivity contribution is 0.972. The van der Waals surface area contributed by atoms with Crippen molar-refractivity contribution in [3.63, 3.8) is 0 Å². The van der Waals surface area contributed by atoms with E-state index in [1.807, 2.05) is 0 Å². The van der Waals surface area contributed by atoms with E-state index in [0.717, 1.165) is 5.56 Å². The Kier molecular flexibility index (Phi) is 4.69. The first-order chi connectivity index (χ1) is 9.45. The number of hydrogen-bond acceptors (Lipinski definition) is 6. The van der Waals surface area contributed by atoms with Gasteiger partial charge < -0.3 is 16.8 Å². The highest BCUT2D eigenvalue weighted by molar-refractivity contribution is 6.43. The summed E-state index contributed by atoms with van der Waals surface area (Å²) in [5.41, 5.74) is 11.8. The third-order valence-corrected chi connectivity index (χ3v) is 3.51. The molecule has 1 aromatic carbocycles. The molecule has 0 amide bonds. The molecule has 0 spiro atoms. The second-order valence-electron chi connectivity index (χ2n) is 3.91. The Hall–Kier alpha value is -1.50. The lowest BCUT2D eigenvalue weighted by Crippen LogP contribution is -2.11. The van der Waals surface area contributed by atoms with E-state index in [9.17, 15) is 0 Å². The highest BCUT2D eigenvalue weighted by Gasteiger charge is 2.07. The van der Waals surface area contributed by atoms with Crippen molar-refractivity contribution in [2.75, 3.05) is 23.3 Å². The Balaban J connectivity index is 2.01. The van der Waals surface area contributed by atoms with Gasteiger partial charge in [-0.1, -0.05) is 34.8 Å². The molecule has 0 radical (unpaired) electrons. The molecular formula is C11H11Cl3N6. The second-order valence-corrected chi connectivity index (χ2v) is 5.13. The predicted octanol–water partition coefficient (Wildman–Crippen LogP) is 2.65. The zero-order valence-electron chi connectivity index (χ0n) is 10.2. The van der Waals surface area contributed by atoms with Crippen LogP contribution in [0.1, 0.15) is 5.56 Å². The van der Waals surface area contributed by atoms with Crippen molar-refractivity contribution < 1.29 is 0 Å². The summed E-state index contributed by atoms with van der Waals surface area (Å²) in [5.74, 6) is 0.436. The number of anilines is 3. The van der Waals surface area contributed by atoms with Crippen LogP contribution in [-0.4, -0.2) is 21.5 Å². The van der Waals surface area contributed by atoms with Crippen LogP contribution in [0.4, 0.5) is 17.8 Å². The third kappa shape index (κ3) is 3.75. The number of benzene rings is 1. The van der Waals surface area contributed by atoms with Gasteiger partial charge in [-0.25, -0.2) is 0 Å². The largest absolute Gasteiger partial charge is 0.368 e. The lowest BCUT2D eigenvalue weighted by atomic mass is 10.1. The Morgan fingerprint density at radius 1 is 0.900 bits per heavy atom. The van der Waals surface area contributed by atoms with Gasteiger partial charge in [0.2, 0.25) is 17.8 Å². The van der Waals surface area contributed by atoms with E-state index >= 15 is 0 Å². The van der Waals surface area contributed by atoms with Gasteiger partial charge in [0.1, 0.15) is 0 Å². The zero-order valence-corrected chi connectivity index (χ0v) is 12.5. The molecule has 0 aliphatic heterocycles. The van der Waals surface area contributed by atoms with Crippen molar-refractivity contribution in [1.82, 2.24) is 15.0 Å². The Bertz CT molecular complexity index is 614. The van der Waals surface area contributed by atoms with Crippen LogP contribution in [-0.2, 0) is 6.42 Å². The van der Waals surface area contributed by atoms with Crippen LogP contribution in [0.15, 0.2) is 12.1 Å². The predicted molar refractivity (Wildman–Crippen MR) is 82.3 cm³/mol. The van der Waals surface area contributed by atoms with Gasteiger partial charge in [0.05, 0.1) is 10.0 Å². The number of halogens is 3. The molecular weight excluding hydrogens is 323 g/mol. The minimum atomic E-state index is 0.0626. The minimum absolute atomic E-state index is 0.0626. The maximum atomic E-state index is 6.08. The van der Waals surface area contributed by atoms with Gasteiger partial charge in [-0.3, -0.25) is 0 Å². The highest BCUT2D eigenvalue weighted by atomic mass is 35.5. The summed E-state index contributed by atoms with van der Waals surface area (Å²) in [6.45, 7) is 0.528. The van der Waals surface area contributed by atoms with Crippen LogP contribution in [0, 0.1) is 0 Å². The van der Waals surface area contributed by atoms with Crippen LogP contribution in [0.25, 0.3) is 0 Å². The molecule has 5 N–H and O–H groups in total. The van der Waals surface area contributed by atoms with Gasteiger partial charge in [0.25, 0.3) is 0 Å². The van der Waals surface area contributed by atoms with E-state index in [4.69, 9.17) is 46.3 Å². The molecule has 6 nitrogen and oxygen atoms in total. The smallest absolute Gasteiger partial charge is 0.229 e. The van der Waals surface area contributed by atoms with Crippen LogP contribution >= 0.6 is 34.8 Å². The fraction of sp³-hybridized carbons (Fsp3) is 0.182. The molecule has 2 aromatic rings. The quantitative estimate of drug-likeness (QED) is 0.743. The van der Waals surface area contributed by atoms with Gasteiger partial charge in [0, 0.05) is 11.6 Å². The lowest BCUT2D eigenvalue weighted by Gasteiger charge is -2.08. The van der Waals surface area contributed by atoms with Crippen molar-refractivity contribution in [3.8, 4) is 0 Å². The molecule has 106 valence electrons. The van der Waals surface area contributed by atoms with E-state index in [1.165, 1.54) is 0 Å². The molecule has 0 bridgehead atoms. The summed E-state index contributed by atoms with van der Waals surface area (Å²) in [6, 6.07) is 3.34. The van der Waals surface area contributed by atoms with Crippen LogP contribution in [0.3, 0.4) is 0 Å². The van der Waals surface area contributed by atoms with E-state index < -0.39 is 0 Å². The molecule has 1 aromatic heterocycles. The van der Waals surface area contributed by atoms with Crippen LogP contribution in [0.2, 0.25) is 15.1 Å². The van der Waals surface area contributed by atoms with Gasteiger partial charge >= 0.3 is 0 Å². The first-order valence-electron chi connectivity index (χ1n) is 5.60. The number of nitrogen functional groups attached to an aromatic ring is 2. The van der Waals surface area contributed by atoms with Gasteiger partial charge in [0.15, 0.2) is 0 Å². The second kappa shape index (κ2) is 6.30. The average molecular weight is 334 g/mol. The van der Waals surface area contributed by atoms with E-state index in [0.29, 0.717) is 34.0 Å². The summed E-state index contributed by atoms with van der Waals surface area (Å²) in [5, 5.41) is 4.41. The van der Waals surface area contributed by atoms with Crippen molar-refractivity contribution in [3.05, 3.63) is 32.8 Å². The molecule has 1 heterocycles. The standard InChI is InChI=1S/C11H11Cl3N6/c12-6-4-8(14)7(13)3-5(6)1-2-17-11-19-9(15)18-10(16)20-11/h3-4H,1-2H2,(H5,15,16,17,18,19,20). The maximum absolute atomic E-state index is 6.08. The number of aromatic nitrogens is 3. The third-order valence-electron chi connectivity index (χ3n) is 2.44. The molecule has 0 aliphatic rings. The number of hydrogen-bond donors (Lipinski definition) is 3.